The van der Waals surface area contributed by atoms with Crippen LogP contribution in [0.2, 0.25) is 5.02 Å². The summed E-state index contributed by atoms with van der Waals surface area (Å²) in [4.78, 5) is 0. The van der Waals surface area contributed by atoms with Crippen molar-refractivity contribution in [2.45, 2.75) is 44.8 Å². The molecule has 2 nitrogen and oxygen atoms in total. The van der Waals surface area contributed by atoms with Gasteiger partial charge in [0.15, 0.2) is 11.6 Å². The van der Waals surface area contributed by atoms with Crippen LogP contribution >= 0.6 is 11.6 Å². The molecule has 112 valence electrons. The van der Waals surface area contributed by atoms with Crippen molar-refractivity contribution in [3.63, 3.8) is 0 Å². The van der Waals surface area contributed by atoms with Crippen molar-refractivity contribution < 1.29 is 13.5 Å². The Morgan fingerprint density at radius 1 is 1.40 bits per heavy atom. The zero-order valence-corrected chi connectivity index (χ0v) is 12.4. The zero-order chi connectivity index (χ0) is 14.5. The third kappa shape index (κ3) is 3.90. The van der Waals surface area contributed by atoms with Crippen LogP contribution in [0.15, 0.2) is 12.1 Å². The smallest absolute Gasteiger partial charge is 0.160 e. The summed E-state index contributed by atoms with van der Waals surface area (Å²) in [6.07, 6.45) is 4.14. The van der Waals surface area contributed by atoms with Gasteiger partial charge in [-0.05, 0) is 49.9 Å². The maximum atomic E-state index is 13.4. The van der Waals surface area contributed by atoms with Crippen molar-refractivity contribution >= 4 is 11.6 Å². The summed E-state index contributed by atoms with van der Waals surface area (Å²) in [6, 6.07) is 2.16. The molecule has 0 radical (unpaired) electrons. The van der Waals surface area contributed by atoms with E-state index in [-0.39, 0.29) is 17.2 Å². The maximum absolute atomic E-state index is 13.4. The van der Waals surface area contributed by atoms with Gasteiger partial charge in [-0.2, -0.15) is 0 Å². The highest BCUT2D eigenvalue weighted by molar-refractivity contribution is 6.31. The second-order valence-electron chi connectivity index (χ2n) is 5.11. The fourth-order valence-electron chi connectivity index (χ4n) is 2.64. The van der Waals surface area contributed by atoms with Gasteiger partial charge < -0.3 is 10.1 Å². The summed E-state index contributed by atoms with van der Waals surface area (Å²) in [5.74, 6) is -1.77. The predicted molar refractivity (Wildman–Crippen MR) is 76.0 cm³/mol. The van der Waals surface area contributed by atoms with E-state index in [1.807, 2.05) is 6.92 Å². The van der Waals surface area contributed by atoms with Gasteiger partial charge in [0.1, 0.15) is 0 Å². The third-order valence-electron chi connectivity index (χ3n) is 3.67. The maximum Gasteiger partial charge on any atom is 0.160 e. The lowest BCUT2D eigenvalue weighted by molar-refractivity contribution is 0.0996. The van der Waals surface area contributed by atoms with Crippen LogP contribution in [0.4, 0.5) is 8.78 Å². The summed E-state index contributed by atoms with van der Waals surface area (Å²) in [5, 5.41) is 3.55. The molecule has 0 aliphatic carbocycles. The van der Waals surface area contributed by atoms with Crippen molar-refractivity contribution in [1.29, 1.82) is 0 Å². The monoisotopic (exact) mass is 303 g/mol. The molecule has 1 saturated heterocycles. The van der Waals surface area contributed by atoms with Gasteiger partial charge in [-0.3, -0.25) is 0 Å². The molecule has 1 aromatic rings. The molecule has 2 unspecified atom stereocenters. The van der Waals surface area contributed by atoms with E-state index in [4.69, 9.17) is 16.3 Å². The number of benzene rings is 1. The second kappa shape index (κ2) is 7.34. The van der Waals surface area contributed by atoms with Crippen LogP contribution in [0.5, 0.6) is 0 Å². The van der Waals surface area contributed by atoms with Gasteiger partial charge in [-0.15, -0.1) is 0 Å². The number of rotatable bonds is 6. The number of hydrogen-bond donors (Lipinski definition) is 1. The van der Waals surface area contributed by atoms with E-state index < -0.39 is 11.6 Å². The lowest BCUT2D eigenvalue weighted by atomic mass is 9.99. The highest BCUT2D eigenvalue weighted by atomic mass is 35.5. The minimum atomic E-state index is -0.909. The summed E-state index contributed by atoms with van der Waals surface area (Å²) < 4.78 is 32.2. The van der Waals surface area contributed by atoms with Crippen molar-refractivity contribution in [1.82, 2.24) is 5.32 Å². The Kier molecular flexibility index (Phi) is 5.75. The number of ether oxygens (including phenoxy) is 1. The molecular weight excluding hydrogens is 284 g/mol. The molecule has 1 aliphatic rings. The Morgan fingerprint density at radius 3 is 2.80 bits per heavy atom. The molecule has 1 fully saturated rings. The van der Waals surface area contributed by atoms with E-state index in [9.17, 15) is 8.78 Å². The summed E-state index contributed by atoms with van der Waals surface area (Å²) in [6.45, 7) is 3.54. The first-order chi connectivity index (χ1) is 9.61. The van der Waals surface area contributed by atoms with Gasteiger partial charge in [-0.1, -0.05) is 18.5 Å². The van der Waals surface area contributed by atoms with Crippen LogP contribution in [0.25, 0.3) is 0 Å². The van der Waals surface area contributed by atoms with Crippen LogP contribution in [0.1, 0.15) is 44.2 Å². The SMILES string of the molecule is CCNC(CCC1CCCO1)c1cc(F)c(F)cc1Cl. The summed E-state index contributed by atoms with van der Waals surface area (Å²) >= 11 is 6.05. The molecule has 5 heteroatoms. The van der Waals surface area contributed by atoms with Crippen LogP contribution in [0, 0.1) is 11.6 Å². The standard InChI is InChI=1S/C15H20ClF2NO/c1-2-19-15(6-5-10-4-3-7-20-10)11-8-13(17)14(18)9-12(11)16/h8-10,15,19H,2-7H2,1H3. The normalized spacial score (nSPS) is 20.3. The van der Waals surface area contributed by atoms with Gasteiger partial charge in [0.05, 0.1) is 6.10 Å². The Hall–Kier alpha value is -0.710. The van der Waals surface area contributed by atoms with Crippen LogP contribution in [-0.2, 0) is 4.74 Å². The van der Waals surface area contributed by atoms with Gasteiger partial charge in [0, 0.05) is 17.7 Å². The largest absolute Gasteiger partial charge is 0.378 e. The van der Waals surface area contributed by atoms with Gasteiger partial charge in [0.25, 0.3) is 0 Å². The molecule has 1 heterocycles. The first kappa shape index (κ1) is 15.7. The Labute approximate surface area is 123 Å². The van der Waals surface area contributed by atoms with Crippen molar-refractivity contribution in [3.8, 4) is 0 Å². The first-order valence-electron chi connectivity index (χ1n) is 7.11. The summed E-state index contributed by atoms with van der Waals surface area (Å²) in [7, 11) is 0. The van der Waals surface area contributed by atoms with E-state index in [1.54, 1.807) is 0 Å². The highest BCUT2D eigenvalue weighted by Crippen LogP contribution is 2.30. The lowest BCUT2D eigenvalue weighted by Crippen LogP contribution is -2.23. The topological polar surface area (TPSA) is 21.3 Å². The molecule has 0 aromatic heterocycles. The number of nitrogens with one attached hydrogen (secondary N) is 1. The third-order valence-corrected chi connectivity index (χ3v) is 3.99. The molecule has 0 saturated carbocycles. The molecule has 20 heavy (non-hydrogen) atoms. The second-order valence-corrected chi connectivity index (χ2v) is 5.52. The van der Waals surface area contributed by atoms with Crippen molar-refractivity contribution in [2.75, 3.05) is 13.2 Å². The van der Waals surface area contributed by atoms with Crippen LogP contribution in [-0.4, -0.2) is 19.3 Å². The lowest BCUT2D eigenvalue weighted by Gasteiger charge is -2.21. The van der Waals surface area contributed by atoms with Gasteiger partial charge >= 0.3 is 0 Å². The van der Waals surface area contributed by atoms with E-state index in [0.29, 0.717) is 5.56 Å². The molecule has 0 bridgehead atoms. The molecular formula is C15H20ClF2NO. The Morgan fingerprint density at radius 2 is 2.15 bits per heavy atom. The molecule has 2 rings (SSSR count). The van der Waals surface area contributed by atoms with E-state index in [1.165, 1.54) is 6.07 Å². The molecule has 0 spiro atoms. The van der Waals surface area contributed by atoms with E-state index in [2.05, 4.69) is 5.32 Å². The van der Waals surface area contributed by atoms with Gasteiger partial charge in [0.2, 0.25) is 0 Å². The number of hydrogen-bond acceptors (Lipinski definition) is 2. The number of halogens is 3. The zero-order valence-electron chi connectivity index (χ0n) is 11.6. The average Bonchev–Trinajstić information content (AvgIpc) is 2.92. The quantitative estimate of drug-likeness (QED) is 0.794. The van der Waals surface area contributed by atoms with Crippen molar-refractivity contribution in [2.24, 2.45) is 0 Å². The fourth-order valence-corrected chi connectivity index (χ4v) is 2.93. The molecule has 0 amide bonds. The minimum Gasteiger partial charge on any atom is -0.378 e. The fraction of sp³-hybridized carbons (Fsp3) is 0.600. The van der Waals surface area contributed by atoms with Crippen LogP contribution in [0.3, 0.4) is 0 Å². The minimum absolute atomic E-state index is 0.0770. The van der Waals surface area contributed by atoms with E-state index >= 15 is 0 Å². The first-order valence-corrected chi connectivity index (χ1v) is 7.49. The van der Waals surface area contributed by atoms with Crippen LogP contribution < -0.4 is 5.32 Å². The molecule has 1 aliphatic heterocycles. The van der Waals surface area contributed by atoms with Crippen molar-refractivity contribution in [3.05, 3.63) is 34.4 Å². The Bertz CT molecular complexity index is 450. The molecule has 2 atom stereocenters. The summed E-state index contributed by atoms with van der Waals surface area (Å²) in [5.41, 5.74) is 0.616. The van der Waals surface area contributed by atoms with E-state index in [0.717, 1.165) is 44.9 Å². The molecule has 1 N–H and O–H groups in total. The average molecular weight is 304 g/mol. The predicted octanol–water partition coefficient (Wildman–Crippen LogP) is 4.23. The Balaban J connectivity index is 2.08. The van der Waals surface area contributed by atoms with Gasteiger partial charge in [-0.25, -0.2) is 8.78 Å². The highest BCUT2D eigenvalue weighted by Gasteiger charge is 2.21. The molecule has 1 aromatic carbocycles.